The Balaban J connectivity index is 1.64. The summed E-state index contributed by atoms with van der Waals surface area (Å²) in [4.78, 5) is 16.2. The van der Waals surface area contributed by atoms with Crippen LogP contribution in [0.1, 0.15) is 5.56 Å². The van der Waals surface area contributed by atoms with E-state index in [1.54, 1.807) is 11.0 Å². The summed E-state index contributed by atoms with van der Waals surface area (Å²) in [5.41, 5.74) is 0.212. The van der Waals surface area contributed by atoms with Crippen LogP contribution in [0.3, 0.4) is 0 Å². The van der Waals surface area contributed by atoms with Gasteiger partial charge < -0.3 is 14.7 Å². The molecule has 3 rings (SSSR count). The quantitative estimate of drug-likeness (QED) is 0.887. The molecule has 2 fully saturated rings. The number of carbonyl (C=O) groups excluding carboxylic acids is 1. The van der Waals surface area contributed by atoms with Crippen molar-refractivity contribution in [2.45, 2.75) is 18.6 Å². The highest BCUT2D eigenvalue weighted by molar-refractivity contribution is 6.31. The van der Waals surface area contributed by atoms with Crippen LogP contribution in [0, 0.1) is 5.82 Å². The maximum Gasteiger partial charge on any atom is 0.227 e. The molecule has 23 heavy (non-hydrogen) atoms. The van der Waals surface area contributed by atoms with Gasteiger partial charge in [0.05, 0.1) is 31.8 Å². The molecule has 0 aliphatic carbocycles. The smallest absolute Gasteiger partial charge is 0.227 e. The van der Waals surface area contributed by atoms with Gasteiger partial charge in [0.2, 0.25) is 5.91 Å². The molecular formula is C16H20ClFN2O3. The average molecular weight is 343 g/mol. The van der Waals surface area contributed by atoms with Gasteiger partial charge in [-0.25, -0.2) is 4.39 Å². The number of amides is 1. The standard InChI is InChI=1S/C16H20ClFN2O3/c17-12-2-1-3-13(18)11(12)8-16(22)20-9-14(15(21)10-20)19-4-6-23-7-5-19/h1-3,14-15,21H,4-10H2. The van der Waals surface area contributed by atoms with Gasteiger partial charge in [-0.05, 0) is 12.1 Å². The zero-order chi connectivity index (χ0) is 16.4. The zero-order valence-corrected chi connectivity index (χ0v) is 13.5. The fourth-order valence-electron chi connectivity index (χ4n) is 3.21. The van der Waals surface area contributed by atoms with Gasteiger partial charge in [-0.2, -0.15) is 0 Å². The molecule has 126 valence electrons. The summed E-state index contributed by atoms with van der Waals surface area (Å²) >= 11 is 5.98. The van der Waals surface area contributed by atoms with E-state index < -0.39 is 11.9 Å². The van der Waals surface area contributed by atoms with Crippen molar-refractivity contribution in [3.05, 3.63) is 34.6 Å². The summed E-state index contributed by atoms with van der Waals surface area (Å²) in [6.45, 7) is 3.51. The van der Waals surface area contributed by atoms with Gasteiger partial charge in [-0.15, -0.1) is 0 Å². The molecule has 0 spiro atoms. The fraction of sp³-hybridized carbons (Fsp3) is 0.562. The Morgan fingerprint density at radius 3 is 2.78 bits per heavy atom. The molecule has 1 amide bonds. The van der Waals surface area contributed by atoms with Crippen molar-refractivity contribution in [2.24, 2.45) is 0 Å². The molecule has 7 heteroatoms. The normalized spacial score (nSPS) is 25.8. The maximum absolute atomic E-state index is 13.8. The van der Waals surface area contributed by atoms with Gasteiger partial charge in [-0.3, -0.25) is 9.69 Å². The lowest BCUT2D eigenvalue weighted by Gasteiger charge is -2.33. The molecule has 1 N–H and O–H groups in total. The molecular weight excluding hydrogens is 323 g/mol. The van der Waals surface area contributed by atoms with Crippen molar-refractivity contribution in [1.82, 2.24) is 9.80 Å². The van der Waals surface area contributed by atoms with E-state index >= 15 is 0 Å². The van der Waals surface area contributed by atoms with Crippen LogP contribution >= 0.6 is 11.6 Å². The van der Waals surface area contributed by atoms with Crippen LogP contribution in [-0.2, 0) is 16.0 Å². The van der Waals surface area contributed by atoms with Gasteiger partial charge in [0.1, 0.15) is 5.82 Å². The molecule has 0 bridgehead atoms. The predicted molar refractivity (Wildman–Crippen MR) is 83.9 cm³/mol. The summed E-state index contributed by atoms with van der Waals surface area (Å²) in [5.74, 6) is -0.692. The van der Waals surface area contributed by atoms with Gasteiger partial charge in [0.15, 0.2) is 0 Å². The zero-order valence-electron chi connectivity index (χ0n) is 12.8. The lowest BCUT2D eigenvalue weighted by molar-refractivity contribution is -0.129. The number of hydrogen-bond donors (Lipinski definition) is 1. The van der Waals surface area contributed by atoms with Gasteiger partial charge in [-0.1, -0.05) is 17.7 Å². The third-order valence-corrected chi connectivity index (χ3v) is 4.87. The molecule has 0 saturated carbocycles. The maximum atomic E-state index is 13.8. The Morgan fingerprint density at radius 2 is 2.09 bits per heavy atom. The number of hydrogen-bond acceptors (Lipinski definition) is 4. The molecule has 1 aromatic rings. The minimum absolute atomic E-state index is 0.0843. The van der Waals surface area contributed by atoms with Crippen molar-refractivity contribution in [3.8, 4) is 0 Å². The summed E-state index contributed by atoms with van der Waals surface area (Å²) in [6.07, 6.45) is -0.679. The van der Waals surface area contributed by atoms with Crippen LogP contribution in [0.2, 0.25) is 5.02 Å². The van der Waals surface area contributed by atoms with E-state index in [2.05, 4.69) is 4.90 Å². The molecule has 0 radical (unpaired) electrons. The van der Waals surface area contributed by atoms with E-state index in [4.69, 9.17) is 16.3 Å². The van der Waals surface area contributed by atoms with Gasteiger partial charge >= 0.3 is 0 Å². The summed E-state index contributed by atoms with van der Waals surface area (Å²) in [7, 11) is 0. The number of halogens is 2. The largest absolute Gasteiger partial charge is 0.390 e. The van der Waals surface area contributed by atoms with E-state index in [1.165, 1.54) is 12.1 Å². The average Bonchev–Trinajstić information content (AvgIpc) is 2.94. The van der Waals surface area contributed by atoms with Crippen molar-refractivity contribution in [2.75, 3.05) is 39.4 Å². The summed E-state index contributed by atoms with van der Waals surface area (Å²) in [6, 6.07) is 4.30. The molecule has 2 aliphatic heterocycles. The Kier molecular flexibility index (Phi) is 5.16. The first-order valence-corrected chi connectivity index (χ1v) is 8.14. The summed E-state index contributed by atoms with van der Waals surface area (Å²) in [5, 5.41) is 10.5. The first-order valence-electron chi connectivity index (χ1n) is 7.77. The van der Waals surface area contributed by atoms with Crippen molar-refractivity contribution in [1.29, 1.82) is 0 Å². The third kappa shape index (κ3) is 3.66. The van der Waals surface area contributed by atoms with E-state index in [-0.39, 0.29) is 35.5 Å². The number of β-amino-alcohol motifs (C(OH)–C–C–N with tert-alkyl or cyclic N) is 1. The first-order chi connectivity index (χ1) is 11.1. The van der Waals surface area contributed by atoms with E-state index in [0.29, 0.717) is 19.8 Å². The van der Waals surface area contributed by atoms with Crippen molar-refractivity contribution in [3.63, 3.8) is 0 Å². The number of rotatable bonds is 3. The third-order valence-electron chi connectivity index (χ3n) is 4.52. The lowest BCUT2D eigenvalue weighted by Crippen LogP contribution is -2.49. The molecule has 2 saturated heterocycles. The van der Waals surface area contributed by atoms with Crippen LogP contribution in [0.25, 0.3) is 0 Å². The molecule has 5 nitrogen and oxygen atoms in total. The second-order valence-electron chi connectivity index (χ2n) is 5.96. The Morgan fingerprint density at radius 1 is 1.35 bits per heavy atom. The van der Waals surface area contributed by atoms with Gasteiger partial charge in [0, 0.05) is 36.8 Å². The molecule has 1 aromatic carbocycles. The number of carbonyl (C=O) groups is 1. The second kappa shape index (κ2) is 7.13. The number of nitrogens with zero attached hydrogens (tertiary/aromatic N) is 2. The molecule has 2 unspecified atom stereocenters. The topological polar surface area (TPSA) is 53.0 Å². The highest BCUT2D eigenvalue weighted by Gasteiger charge is 2.38. The van der Waals surface area contributed by atoms with E-state index in [9.17, 15) is 14.3 Å². The number of morpholine rings is 1. The van der Waals surface area contributed by atoms with Crippen LogP contribution in [0.5, 0.6) is 0 Å². The van der Waals surface area contributed by atoms with Crippen LogP contribution in [0.4, 0.5) is 4.39 Å². The lowest BCUT2D eigenvalue weighted by atomic mass is 10.1. The van der Waals surface area contributed by atoms with Crippen molar-refractivity contribution < 1.29 is 19.0 Å². The number of aliphatic hydroxyl groups is 1. The Hall–Kier alpha value is -1.21. The molecule has 0 aromatic heterocycles. The molecule has 2 atom stereocenters. The molecule has 2 aliphatic rings. The number of benzene rings is 1. The number of aliphatic hydroxyl groups excluding tert-OH is 1. The van der Waals surface area contributed by atoms with E-state index in [1.807, 2.05) is 0 Å². The summed E-state index contributed by atoms with van der Waals surface area (Å²) < 4.78 is 19.1. The Labute approximate surface area is 139 Å². The fourth-order valence-corrected chi connectivity index (χ4v) is 3.44. The highest BCUT2D eigenvalue weighted by atomic mass is 35.5. The highest BCUT2D eigenvalue weighted by Crippen LogP contribution is 2.23. The molecule has 2 heterocycles. The first kappa shape index (κ1) is 16.6. The number of likely N-dealkylation sites (tertiary alicyclic amines) is 1. The Bertz CT molecular complexity index is 560. The van der Waals surface area contributed by atoms with Crippen molar-refractivity contribution >= 4 is 17.5 Å². The minimum atomic E-state index is -0.590. The van der Waals surface area contributed by atoms with Gasteiger partial charge in [0.25, 0.3) is 0 Å². The predicted octanol–water partition coefficient (Wildman–Crippen LogP) is 0.925. The second-order valence-corrected chi connectivity index (χ2v) is 6.37. The monoisotopic (exact) mass is 342 g/mol. The SMILES string of the molecule is O=C(Cc1c(F)cccc1Cl)N1CC(O)C(N2CCOCC2)C1. The number of ether oxygens (including phenoxy) is 1. The van der Waals surface area contributed by atoms with Crippen LogP contribution < -0.4 is 0 Å². The minimum Gasteiger partial charge on any atom is -0.390 e. The van der Waals surface area contributed by atoms with Crippen LogP contribution in [0.15, 0.2) is 18.2 Å². The van der Waals surface area contributed by atoms with Crippen LogP contribution in [-0.4, -0.2) is 72.4 Å². The van der Waals surface area contributed by atoms with E-state index in [0.717, 1.165) is 13.1 Å².